The molecule has 8 N–H and O–H groups in total. The number of methoxy groups -OCH3 is 3. The number of allylic oxidation sites excluding steroid dienone is 2. The first kappa shape index (κ1) is 68.4. The Bertz CT molecular complexity index is 2520. The molecule has 0 radical (unpaired) electrons. The molecule has 2 aliphatic heterocycles. The minimum atomic E-state index is -2.09. The number of rotatable bonds is 19. The minimum absolute atomic E-state index is 0.0462. The van der Waals surface area contributed by atoms with Gasteiger partial charge in [-0.05, 0) is 140 Å². The Kier molecular flexibility index (Phi) is 20.7. The van der Waals surface area contributed by atoms with Gasteiger partial charge in [-0.2, -0.15) is 0 Å². The molecule has 6 fully saturated rings. The van der Waals surface area contributed by atoms with Crippen LogP contribution in [0.4, 0.5) is 0 Å². The Morgan fingerprint density at radius 2 is 1.07 bits per heavy atom. The monoisotopic (exact) mass is 1200 g/mol. The van der Waals surface area contributed by atoms with E-state index in [1.807, 2.05) is 68.4 Å². The number of fused-ring (bicyclic) bond motifs is 7. The van der Waals surface area contributed by atoms with Crippen LogP contribution in [0.25, 0.3) is 0 Å². The molecule has 0 spiro atoms. The maximum absolute atomic E-state index is 15.5. The van der Waals surface area contributed by atoms with Gasteiger partial charge in [-0.3, -0.25) is 19.2 Å². The van der Waals surface area contributed by atoms with Crippen molar-refractivity contribution >= 4 is 41.4 Å². The van der Waals surface area contributed by atoms with E-state index in [4.69, 9.17) is 33.2 Å². The van der Waals surface area contributed by atoms with Gasteiger partial charge in [0, 0.05) is 11.3 Å². The second-order valence-electron chi connectivity index (χ2n) is 29.2. The van der Waals surface area contributed by atoms with Gasteiger partial charge in [-0.15, -0.1) is 0 Å². The van der Waals surface area contributed by atoms with Crippen molar-refractivity contribution in [2.75, 3.05) is 21.3 Å². The highest BCUT2D eigenvalue weighted by atomic mass is 16.8. The highest BCUT2D eigenvalue weighted by molar-refractivity contribution is 5.96. The van der Waals surface area contributed by atoms with Gasteiger partial charge in [0.05, 0.1) is 27.4 Å². The molecule has 22 heteroatoms. The Morgan fingerprint density at radius 3 is 1.58 bits per heavy atom. The predicted octanol–water partition coefficient (Wildman–Crippen LogP) is 4.10. The van der Waals surface area contributed by atoms with Crippen LogP contribution < -0.4 is 16.0 Å². The van der Waals surface area contributed by atoms with E-state index in [-0.39, 0.29) is 59.5 Å². The van der Waals surface area contributed by atoms with Gasteiger partial charge < -0.3 is 74.6 Å². The van der Waals surface area contributed by atoms with Gasteiger partial charge in [-0.25, -0.2) is 14.4 Å². The first-order valence-electron chi connectivity index (χ1n) is 30.9. The van der Waals surface area contributed by atoms with Crippen molar-refractivity contribution in [3.63, 3.8) is 0 Å². The average Bonchev–Trinajstić information content (AvgIpc) is 0.720. The summed E-state index contributed by atoms with van der Waals surface area (Å²) in [5, 5.41) is 65.8. The van der Waals surface area contributed by atoms with Crippen molar-refractivity contribution in [3.05, 3.63) is 11.6 Å². The summed E-state index contributed by atoms with van der Waals surface area (Å²) in [6, 6.07) is -3.13. The van der Waals surface area contributed by atoms with Gasteiger partial charge in [0.1, 0.15) is 54.7 Å². The summed E-state index contributed by atoms with van der Waals surface area (Å²) in [5.74, 6) is -4.92. The third kappa shape index (κ3) is 12.9. The largest absolute Gasteiger partial charge is 0.467 e. The van der Waals surface area contributed by atoms with Crippen LogP contribution in [-0.2, 0) is 66.7 Å². The van der Waals surface area contributed by atoms with Crippen LogP contribution in [0, 0.1) is 68.0 Å². The molecule has 0 aromatic heterocycles. The molecule has 7 aliphatic rings. The second kappa shape index (κ2) is 25.8. The quantitative estimate of drug-likeness (QED) is 0.0513. The molecule has 0 aromatic rings. The lowest BCUT2D eigenvalue weighted by Gasteiger charge is -2.70. The van der Waals surface area contributed by atoms with E-state index in [1.165, 1.54) is 14.2 Å². The molecule has 0 bridgehead atoms. The maximum Gasteiger partial charge on any atom is 0.328 e. The van der Waals surface area contributed by atoms with Crippen LogP contribution in [0.2, 0.25) is 0 Å². The topological polar surface area (TPSA) is 321 Å². The SMILES string of the molecule is COC(=O)[C@H](CC(C)C)NC(=O)[C@H]1O[C@@H](O[C@H]2[C@@H](O[C@H]3CC[C@]4(C)[C@H]5C(=O)C=C6[C@@H]7C[C@@](C)(C(=O)N[C@@H](CC(C)C)C(=O)OC)CC[C@]7(C)CC[C@@]6(C)[C@]5(C)CC[C@H]4C3(C)C)O[C@H](C(=O)N[C@@H](CC(C)C)C(=O)OC)[C@@H](O)[C@@H]2O)[C@H](O)[C@@H](O)[C@@H]1O. The summed E-state index contributed by atoms with van der Waals surface area (Å²) in [6.07, 6.45) is -12.0. The number of hydrogen-bond donors (Lipinski definition) is 8. The van der Waals surface area contributed by atoms with E-state index in [0.717, 1.165) is 31.9 Å². The predicted molar refractivity (Wildman–Crippen MR) is 307 cm³/mol. The number of carbonyl (C=O) groups excluding carboxylic acids is 7. The Balaban J connectivity index is 1.19. The van der Waals surface area contributed by atoms with Gasteiger partial charge >= 0.3 is 17.9 Å². The van der Waals surface area contributed by atoms with E-state index < -0.39 is 148 Å². The van der Waals surface area contributed by atoms with Crippen molar-refractivity contribution in [1.82, 2.24) is 16.0 Å². The van der Waals surface area contributed by atoms with E-state index in [0.29, 0.717) is 44.9 Å². The third-order valence-electron chi connectivity index (χ3n) is 21.8. The summed E-state index contributed by atoms with van der Waals surface area (Å²) in [4.78, 5) is 96.5. The first-order chi connectivity index (χ1) is 39.5. The molecule has 22 atom stereocenters. The molecule has 2 heterocycles. The number of amides is 3. The molecular formula is C63H101N3O19. The Labute approximate surface area is 501 Å². The first-order valence-corrected chi connectivity index (χ1v) is 30.9. The number of ether oxygens (including phenoxy) is 7. The lowest BCUT2D eigenvalue weighted by Crippen LogP contribution is -2.69. The van der Waals surface area contributed by atoms with Gasteiger partial charge in [-0.1, -0.05) is 95.6 Å². The zero-order chi connectivity index (χ0) is 63.4. The molecule has 5 aliphatic carbocycles. The zero-order valence-electron chi connectivity index (χ0n) is 53.1. The molecule has 22 nitrogen and oxygen atoms in total. The van der Waals surface area contributed by atoms with Crippen LogP contribution in [-0.4, -0.2) is 174 Å². The van der Waals surface area contributed by atoms with E-state index >= 15 is 4.79 Å². The zero-order valence-corrected chi connectivity index (χ0v) is 53.1. The lowest BCUT2D eigenvalue weighted by molar-refractivity contribution is -0.369. The standard InChI is InChI=1S/C63H101N3O19/c1-30(2)25-35(52(75)79-14)64-50(73)46-42(69)41(68)45(72)55(83-46)85-48-44(71)43(70)47(51(74)65-36(26-31(3)4)53(76)80-15)84-56(48)82-40-18-19-61(11)39(58(40,7)8)17-20-63(13)49(61)38(67)28-33-34-29-60(10,22-21-59(34,9)23-24-62(33,63)12)57(78)66-37(27-32(5)6)54(77)81-16/h28,30-32,34-37,39-49,55-56,68-72H,17-27,29H2,1-16H3,(H,64,73)(H,65,74)(H,66,78)/t34-,35-,36-,37-,39-,40-,41-,42-,43-,44-,45+,46-,47-,48+,49+,55-,56-,59+,60-,61-,62+,63+/m0/s1. The maximum atomic E-state index is 15.5. The molecule has 3 amide bonds. The fourth-order valence-corrected chi connectivity index (χ4v) is 16.7. The second-order valence-corrected chi connectivity index (χ2v) is 29.2. The number of hydrogen-bond acceptors (Lipinski definition) is 19. The van der Waals surface area contributed by atoms with Crippen molar-refractivity contribution in [2.24, 2.45) is 68.0 Å². The van der Waals surface area contributed by atoms with E-state index in [9.17, 15) is 54.3 Å². The van der Waals surface area contributed by atoms with E-state index in [2.05, 4.69) is 43.6 Å². The molecule has 4 saturated carbocycles. The molecular weight excluding hydrogens is 1100 g/mol. The number of aliphatic hydroxyl groups excluding tert-OH is 5. The summed E-state index contributed by atoms with van der Waals surface area (Å²) in [7, 11) is 3.64. The molecule has 85 heavy (non-hydrogen) atoms. The third-order valence-corrected chi connectivity index (χ3v) is 21.8. The summed E-state index contributed by atoms with van der Waals surface area (Å²) in [6.45, 7) is 26.4. The number of ketones is 1. The highest BCUT2D eigenvalue weighted by Crippen LogP contribution is 2.75. The molecule has 0 aromatic carbocycles. The normalized spacial score (nSPS) is 40.7. The lowest BCUT2D eigenvalue weighted by atomic mass is 9.33. The molecule has 482 valence electrons. The van der Waals surface area contributed by atoms with Crippen LogP contribution in [0.15, 0.2) is 11.6 Å². The van der Waals surface area contributed by atoms with Crippen LogP contribution >= 0.6 is 0 Å². The smallest absolute Gasteiger partial charge is 0.328 e. The Morgan fingerprint density at radius 1 is 0.588 bits per heavy atom. The number of carbonyl (C=O) groups is 7. The Hall–Kier alpha value is -4.13. The summed E-state index contributed by atoms with van der Waals surface area (Å²) < 4.78 is 40.4. The number of esters is 3. The van der Waals surface area contributed by atoms with Gasteiger partial charge in [0.2, 0.25) is 5.91 Å². The van der Waals surface area contributed by atoms with Gasteiger partial charge in [0.25, 0.3) is 11.8 Å². The van der Waals surface area contributed by atoms with E-state index in [1.54, 1.807) is 0 Å². The van der Waals surface area contributed by atoms with Crippen LogP contribution in [0.5, 0.6) is 0 Å². The van der Waals surface area contributed by atoms with Crippen molar-refractivity contribution in [1.29, 1.82) is 0 Å². The molecule has 2 saturated heterocycles. The van der Waals surface area contributed by atoms with Crippen LogP contribution in [0.3, 0.4) is 0 Å². The number of aliphatic hydroxyl groups is 5. The summed E-state index contributed by atoms with van der Waals surface area (Å²) >= 11 is 0. The van der Waals surface area contributed by atoms with Crippen molar-refractivity contribution in [2.45, 2.75) is 253 Å². The highest BCUT2D eigenvalue weighted by Gasteiger charge is 2.71. The van der Waals surface area contributed by atoms with Crippen molar-refractivity contribution in [3.8, 4) is 0 Å². The fourth-order valence-electron chi connectivity index (χ4n) is 16.7. The van der Waals surface area contributed by atoms with Gasteiger partial charge in [0.15, 0.2) is 30.6 Å². The minimum Gasteiger partial charge on any atom is -0.467 e. The van der Waals surface area contributed by atoms with Crippen LogP contribution in [0.1, 0.15) is 167 Å². The average molecular weight is 1200 g/mol. The molecule has 0 unspecified atom stereocenters. The number of nitrogens with one attached hydrogen (secondary N) is 3. The molecule has 7 rings (SSSR count). The van der Waals surface area contributed by atoms with Crippen molar-refractivity contribution < 1.29 is 92.3 Å². The fraction of sp³-hybridized carbons (Fsp3) is 0.857. The summed E-state index contributed by atoms with van der Waals surface area (Å²) in [5.41, 5.74) is -2.14.